The van der Waals surface area contributed by atoms with Gasteiger partial charge in [-0.1, -0.05) is 22.6 Å². The smallest absolute Gasteiger partial charge is 0.264 e. The van der Waals surface area contributed by atoms with Gasteiger partial charge in [0.1, 0.15) is 27.0 Å². The molecule has 198 valence electrons. The van der Waals surface area contributed by atoms with Crippen molar-refractivity contribution in [2.24, 2.45) is 0 Å². The summed E-state index contributed by atoms with van der Waals surface area (Å²) >= 11 is 2.24. The van der Waals surface area contributed by atoms with Crippen molar-refractivity contribution < 1.29 is 9.90 Å². The van der Waals surface area contributed by atoms with Crippen molar-refractivity contribution >= 4 is 51.0 Å². The summed E-state index contributed by atoms with van der Waals surface area (Å²) in [5.41, 5.74) is 1.09. The van der Waals surface area contributed by atoms with Crippen LogP contribution >= 0.6 is 22.6 Å². The van der Waals surface area contributed by atoms with Gasteiger partial charge in [0.25, 0.3) is 5.56 Å². The van der Waals surface area contributed by atoms with Crippen molar-refractivity contribution in [3.8, 4) is 11.8 Å². The summed E-state index contributed by atoms with van der Waals surface area (Å²) in [5, 5.41) is 28.1. The predicted molar refractivity (Wildman–Crippen MR) is 152 cm³/mol. The first-order chi connectivity index (χ1) is 18.8. The molecule has 0 unspecified atom stereocenters. The Morgan fingerprint density at radius 2 is 1.82 bits per heavy atom. The molecule has 0 spiro atoms. The van der Waals surface area contributed by atoms with Crippen LogP contribution < -0.4 is 10.9 Å². The lowest BCUT2D eigenvalue weighted by atomic mass is 9.91. The van der Waals surface area contributed by atoms with E-state index in [-0.39, 0.29) is 21.4 Å². The molecule has 1 aliphatic carbocycles. The van der Waals surface area contributed by atoms with Gasteiger partial charge in [-0.3, -0.25) is 14.2 Å². The lowest BCUT2D eigenvalue weighted by Crippen LogP contribution is -2.51. The molecular weight excluding hydrogens is 611 g/mol. The number of pyridine rings is 1. The molecule has 3 aromatic heterocycles. The van der Waals surface area contributed by atoms with Crippen LogP contribution in [0.1, 0.15) is 31.2 Å². The number of likely N-dealkylation sites (tertiary alicyclic amines) is 1. The largest absolute Gasteiger partial charge is 0.388 e. The minimum atomic E-state index is -1.08. The van der Waals surface area contributed by atoms with E-state index in [2.05, 4.69) is 43.0 Å². The van der Waals surface area contributed by atoms with E-state index in [4.69, 9.17) is 5.26 Å². The van der Waals surface area contributed by atoms with Gasteiger partial charge < -0.3 is 15.3 Å². The fourth-order valence-electron chi connectivity index (χ4n) is 4.83. The maximum Gasteiger partial charge on any atom is 0.264 e. The van der Waals surface area contributed by atoms with E-state index < -0.39 is 5.60 Å². The standard InChI is InChI=1S/C27H25IN8O3/c28-27(7-8-27)25(38)34-11-9-26(39,10-12-34)16-35-17-31-23-21(24(35)37)15-32-36(23)20-4-2-19(3-5-20)33-22-6-1-18(13-29)14-30-22/h1-6,14-15,17,39H,7-12,16H2,(H,30,33). The van der Waals surface area contributed by atoms with Gasteiger partial charge >= 0.3 is 0 Å². The van der Waals surface area contributed by atoms with E-state index in [1.165, 1.54) is 23.3 Å². The highest BCUT2D eigenvalue weighted by Gasteiger charge is 2.50. The molecule has 11 nitrogen and oxygen atoms in total. The zero-order valence-corrected chi connectivity index (χ0v) is 23.1. The number of carbonyl (C=O) groups is 1. The van der Waals surface area contributed by atoms with E-state index in [0.717, 1.165) is 24.2 Å². The summed E-state index contributed by atoms with van der Waals surface area (Å²) in [6, 6.07) is 12.9. The number of benzene rings is 1. The number of halogens is 1. The van der Waals surface area contributed by atoms with Gasteiger partial charge in [0.05, 0.1) is 29.6 Å². The van der Waals surface area contributed by atoms with Crippen molar-refractivity contribution in [3.63, 3.8) is 0 Å². The number of nitrogens with zero attached hydrogens (tertiary/aromatic N) is 7. The summed E-state index contributed by atoms with van der Waals surface area (Å²) in [6.07, 6.45) is 7.10. The van der Waals surface area contributed by atoms with E-state index in [1.807, 2.05) is 35.2 Å². The zero-order valence-electron chi connectivity index (χ0n) is 20.9. The molecule has 2 aliphatic rings. The van der Waals surface area contributed by atoms with Gasteiger partial charge in [-0.25, -0.2) is 14.6 Å². The Morgan fingerprint density at radius 3 is 2.46 bits per heavy atom. The molecule has 0 bridgehead atoms. The number of anilines is 2. The van der Waals surface area contributed by atoms with Gasteiger partial charge in [-0.15, -0.1) is 0 Å². The van der Waals surface area contributed by atoms with Crippen LogP contribution in [0.15, 0.2) is 59.9 Å². The molecule has 1 saturated carbocycles. The third kappa shape index (κ3) is 4.99. The molecule has 1 aromatic carbocycles. The predicted octanol–water partition coefficient (Wildman–Crippen LogP) is 2.91. The second-order valence-corrected chi connectivity index (χ2v) is 12.2. The van der Waals surface area contributed by atoms with E-state index >= 15 is 0 Å². The topological polar surface area (TPSA) is 142 Å². The number of hydrogen-bond acceptors (Lipinski definition) is 8. The van der Waals surface area contributed by atoms with Gasteiger partial charge in [-0.05, 0) is 62.1 Å². The van der Waals surface area contributed by atoms with Gasteiger partial charge in [0.15, 0.2) is 5.65 Å². The Bertz CT molecular complexity index is 1640. The molecule has 4 aromatic rings. The number of fused-ring (bicyclic) bond motifs is 1. The highest BCUT2D eigenvalue weighted by atomic mass is 127. The number of aromatic nitrogens is 5. The Balaban J connectivity index is 1.16. The molecule has 1 saturated heterocycles. The second-order valence-electron chi connectivity index (χ2n) is 10.2. The second kappa shape index (κ2) is 9.73. The fourth-order valence-corrected chi connectivity index (χ4v) is 5.44. The molecule has 12 heteroatoms. The van der Waals surface area contributed by atoms with Crippen molar-refractivity contribution in [1.82, 2.24) is 29.2 Å². The van der Waals surface area contributed by atoms with Crippen molar-refractivity contribution in [3.05, 3.63) is 71.0 Å². The number of amides is 1. The number of rotatable bonds is 6. The first-order valence-corrected chi connectivity index (χ1v) is 13.7. The van der Waals surface area contributed by atoms with E-state index in [9.17, 15) is 14.7 Å². The average molecular weight is 636 g/mol. The molecule has 2 fully saturated rings. The van der Waals surface area contributed by atoms with E-state index in [1.54, 1.807) is 16.8 Å². The fraction of sp³-hybridized carbons (Fsp3) is 0.333. The highest BCUT2D eigenvalue weighted by Crippen LogP contribution is 2.47. The van der Waals surface area contributed by atoms with Gasteiger partial charge in [-0.2, -0.15) is 10.4 Å². The van der Waals surface area contributed by atoms with E-state index in [0.29, 0.717) is 48.3 Å². The van der Waals surface area contributed by atoms with Crippen LogP contribution in [0.2, 0.25) is 0 Å². The summed E-state index contributed by atoms with van der Waals surface area (Å²) in [4.78, 5) is 36.5. The van der Waals surface area contributed by atoms with Crippen LogP contribution in [0.4, 0.5) is 11.5 Å². The number of nitriles is 1. The summed E-state index contributed by atoms with van der Waals surface area (Å²) in [5.74, 6) is 0.775. The van der Waals surface area contributed by atoms with Crippen LogP contribution in [0.5, 0.6) is 0 Å². The maximum atomic E-state index is 13.3. The molecule has 2 N–H and O–H groups in total. The normalized spacial score (nSPS) is 17.5. The number of carbonyl (C=O) groups excluding carboxylic acids is 1. The minimum absolute atomic E-state index is 0.112. The van der Waals surface area contributed by atoms with Crippen LogP contribution in [-0.2, 0) is 11.3 Å². The zero-order chi connectivity index (χ0) is 27.2. The van der Waals surface area contributed by atoms with Gasteiger partial charge in [0.2, 0.25) is 5.91 Å². The molecule has 0 radical (unpaired) electrons. The lowest BCUT2D eigenvalue weighted by molar-refractivity contribution is -0.135. The number of nitrogens with one attached hydrogen (secondary N) is 1. The Hall–Kier alpha value is -3.83. The maximum absolute atomic E-state index is 13.3. The molecule has 1 aliphatic heterocycles. The third-order valence-electron chi connectivity index (χ3n) is 7.35. The van der Waals surface area contributed by atoms with Crippen molar-refractivity contribution in [2.75, 3.05) is 18.4 Å². The number of alkyl halides is 1. The Morgan fingerprint density at radius 1 is 1.08 bits per heavy atom. The number of aliphatic hydroxyl groups is 1. The number of hydrogen-bond donors (Lipinski definition) is 2. The van der Waals surface area contributed by atoms with Crippen LogP contribution in [0, 0.1) is 11.3 Å². The molecule has 6 rings (SSSR count). The minimum Gasteiger partial charge on any atom is -0.388 e. The van der Waals surface area contributed by atoms with Crippen LogP contribution in [0.3, 0.4) is 0 Å². The molecular formula is C27H25IN8O3. The molecule has 1 amide bonds. The number of piperidine rings is 1. The first kappa shape index (κ1) is 25.4. The van der Waals surface area contributed by atoms with Crippen LogP contribution in [-0.4, -0.2) is 62.3 Å². The Kier molecular flexibility index (Phi) is 6.35. The third-order valence-corrected chi connectivity index (χ3v) is 8.89. The van der Waals surface area contributed by atoms with Gasteiger partial charge in [0, 0.05) is 25.0 Å². The molecule has 0 atom stereocenters. The first-order valence-electron chi connectivity index (χ1n) is 12.6. The average Bonchev–Trinajstić information content (AvgIpc) is 3.55. The summed E-state index contributed by atoms with van der Waals surface area (Å²) in [6.45, 7) is 1.07. The van der Waals surface area contributed by atoms with Crippen molar-refractivity contribution in [1.29, 1.82) is 5.26 Å². The van der Waals surface area contributed by atoms with Crippen molar-refractivity contribution in [2.45, 2.75) is 41.3 Å². The quantitative estimate of drug-likeness (QED) is 0.243. The highest BCUT2D eigenvalue weighted by molar-refractivity contribution is 14.1. The monoisotopic (exact) mass is 636 g/mol. The van der Waals surface area contributed by atoms with Crippen LogP contribution in [0.25, 0.3) is 16.7 Å². The summed E-state index contributed by atoms with van der Waals surface area (Å²) < 4.78 is 2.78. The molecule has 4 heterocycles. The SMILES string of the molecule is N#Cc1ccc(Nc2ccc(-n3ncc4c(=O)n(CC5(O)CCN(C(=O)C6(I)CC6)CC5)cnc43)cc2)nc1. The lowest BCUT2D eigenvalue weighted by Gasteiger charge is -2.39. The molecule has 39 heavy (non-hydrogen) atoms. The summed E-state index contributed by atoms with van der Waals surface area (Å²) in [7, 11) is 0. The Labute approximate surface area is 237 Å².